The number of rotatable bonds is 10. The number of hydrogen-bond donors (Lipinski definition) is 2. The molecule has 0 saturated carbocycles. The highest BCUT2D eigenvalue weighted by Gasteiger charge is 2.21. The molecule has 6 rings (SSSR count). The zero-order valence-electron chi connectivity index (χ0n) is 22.7. The molecular weight excluding hydrogens is 553 g/mol. The molecule has 0 fully saturated rings. The number of hydrogen-bond acceptors (Lipinski definition) is 8. The van der Waals surface area contributed by atoms with Crippen molar-refractivity contribution in [1.82, 2.24) is 9.97 Å². The summed E-state index contributed by atoms with van der Waals surface area (Å²) in [6.45, 7) is 2.64. The van der Waals surface area contributed by atoms with E-state index in [1.165, 1.54) is 22.5 Å². The number of carboxylic acid groups (broad SMARTS) is 1. The van der Waals surface area contributed by atoms with E-state index >= 15 is 0 Å². The summed E-state index contributed by atoms with van der Waals surface area (Å²) in [5, 5.41) is 16.1. The quantitative estimate of drug-likeness (QED) is 0.129. The highest BCUT2D eigenvalue weighted by molar-refractivity contribution is 7.22. The number of benzene rings is 3. The van der Waals surface area contributed by atoms with Gasteiger partial charge in [-0.05, 0) is 80.0 Å². The normalized spacial score (nSPS) is 13.8. The fraction of sp³-hybridized carbons (Fsp3) is 0.250. The van der Waals surface area contributed by atoms with Crippen LogP contribution in [0.15, 0.2) is 71.8 Å². The topological polar surface area (TPSA) is 96.7 Å². The van der Waals surface area contributed by atoms with Crippen LogP contribution in [0.1, 0.15) is 58.2 Å². The molecule has 208 valence electrons. The van der Waals surface area contributed by atoms with Gasteiger partial charge in [-0.25, -0.2) is 14.8 Å². The molecule has 0 bridgehead atoms. The molecule has 0 atom stereocenters. The summed E-state index contributed by atoms with van der Waals surface area (Å²) in [6.07, 6.45) is 5.17. The Labute approximate surface area is 246 Å². The molecule has 9 heteroatoms. The van der Waals surface area contributed by atoms with E-state index in [4.69, 9.17) is 9.84 Å². The third kappa shape index (κ3) is 6.16. The molecule has 2 N–H and O–H groups in total. The van der Waals surface area contributed by atoms with Gasteiger partial charge in [-0.15, -0.1) is 11.3 Å². The fourth-order valence-electron chi connectivity index (χ4n) is 4.98. The molecule has 2 aromatic heterocycles. The summed E-state index contributed by atoms with van der Waals surface area (Å²) in [6, 6.07) is 22.4. The van der Waals surface area contributed by atoms with Crippen LogP contribution in [0.3, 0.4) is 0 Å². The number of carbonyl (C=O) groups is 1. The number of ether oxygens (including phenoxy) is 1. The van der Waals surface area contributed by atoms with E-state index in [-0.39, 0.29) is 5.69 Å². The van der Waals surface area contributed by atoms with Crippen molar-refractivity contribution in [1.29, 1.82) is 0 Å². The van der Waals surface area contributed by atoms with E-state index < -0.39 is 5.97 Å². The molecule has 1 aliphatic carbocycles. The van der Waals surface area contributed by atoms with Crippen LogP contribution in [-0.4, -0.2) is 33.4 Å². The number of thiazole rings is 2. The second-order valence-electron chi connectivity index (χ2n) is 9.93. The first-order chi connectivity index (χ1) is 20.1. The molecule has 2 heterocycles. The number of para-hydroxylation sites is 1. The van der Waals surface area contributed by atoms with Crippen LogP contribution < -0.4 is 10.2 Å². The van der Waals surface area contributed by atoms with Crippen LogP contribution in [0, 0.1) is 0 Å². The van der Waals surface area contributed by atoms with Crippen LogP contribution in [0.2, 0.25) is 0 Å². The van der Waals surface area contributed by atoms with E-state index in [2.05, 4.69) is 52.6 Å². The van der Waals surface area contributed by atoms with Gasteiger partial charge in [-0.2, -0.15) is 5.10 Å². The average Bonchev–Trinajstić information content (AvgIpc) is 3.63. The van der Waals surface area contributed by atoms with Crippen molar-refractivity contribution in [2.24, 2.45) is 5.10 Å². The second kappa shape index (κ2) is 12.2. The monoisotopic (exact) mass is 582 g/mol. The molecule has 0 aliphatic heterocycles. The third-order valence-corrected chi connectivity index (χ3v) is 9.26. The smallest absolute Gasteiger partial charge is 0.355 e. The minimum atomic E-state index is -1.00. The lowest BCUT2D eigenvalue weighted by Crippen LogP contribution is -2.13. The maximum absolute atomic E-state index is 12.0. The standard InChI is InChI=1S/C32H30N4O3S2/c1-2-20-12-16-23(17-13-20)39-18-6-11-28-29(31(37)38)34-30(40-28)22-15-14-21-7-5-9-25(24(21)19-22)35-36-32-33-26-8-3-4-10-27(26)41-32/h3-4,8,10,12-17,19H,2,5-7,9,11,18H2,1H3,(H,33,36)(H,37,38)/b35-25+. The zero-order valence-corrected chi connectivity index (χ0v) is 24.4. The number of nitrogens with zero attached hydrogens (tertiary/aromatic N) is 3. The van der Waals surface area contributed by atoms with Crippen molar-refractivity contribution in [3.63, 3.8) is 0 Å². The van der Waals surface area contributed by atoms with Gasteiger partial charge in [0.1, 0.15) is 10.8 Å². The summed E-state index contributed by atoms with van der Waals surface area (Å²) in [5.74, 6) is -0.173. The Morgan fingerprint density at radius 3 is 2.71 bits per heavy atom. The number of aromatic nitrogens is 2. The van der Waals surface area contributed by atoms with Gasteiger partial charge in [0.15, 0.2) is 5.69 Å². The Hall–Kier alpha value is -4.08. The van der Waals surface area contributed by atoms with Gasteiger partial charge >= 0.3 is 5.97 Å². The Morgan fingerprint density at radius 2 is 1.90 bits per heavy atom. The zero-order chi connectivity index (χ0) is 28.2. The van der Waals surface area contributed by atoms with Crippen molar-refractivity contribution in [2.75, 3.05) is 12.0 Å². The Balaban J connectivity index is 1.18. The van der Waals surface area contributed by atoms with E-state index in [1.807, 2.05) is 36.4 Å². The van der Waals surface area contributed by atoms with Crippen molar-refractivity contribution < 1.29 is 14.6 Å². The number of aromatic carboxylic acids is 1. The van der Waals surface area contributed by atoms with E-state index in [0.29, 0.717) is 24.5 Å². The number of carboxylic acids is 1. The fourth-order valence-corrected chi connectivity index (χ4v) is 6.88. The molecule has 0 unspecified atom stereocenters. The summed E-state index contributed by atoms with van der Waals surface area (Å²) >= 11 is 3.03. The largest absolute Gasteiger partial charge is 0.494 e. The second-order valence-corrected chi connectivity index (χ2v) is 12.0. The first-order valence-corrected chi connectivity index (χ1v) is 15.5. The van der Waals surface area contributed by atoms with Gasteiger partial charge in [-0.1, -0.05) is 54.7 Å². The predicted octanol–water partition coefficient (Wildman–Crippen LogP) is 7.84. The van der Waals surface area contributed by atoms with Crippen LogP contribution >= 0.6 is 22.7 Å². The van der Waals surface area contributed by atoms with Crippen LogP contribution in [0.5, 0.6) is 5.75 Å². The lowest BCUT2D eigenvalue weighted by atomic mass is 9.89. The Kier molecular flexibility index (Phi) is 8.07. The van der Waals surface area contributed by atoms with Crippen molar-refractivity contribution in [3.05, 3.63) is 94.0 Å². The first kappa shape index (κ1) is 27.1. The van der Waals surface area contributed by atoms with Crippen molar-refractivity contribution in [3.8, 4) is 16.3 Å². The summed E-state index contributed by atoms with van der Waals surface area (Å²) in [4.78, 5) is 22.0. The van der Waals surface area contributed by atoms with E-state index in [0.717, 1.165) is 68.5 Å². The summed E-state index contributed by atoms with van der Waals surface area (Å²) < 4.78 is 7.00. The molecule has 5 aromatic rings. The minimum absolute atomic E-state index is 0.126. The van der Waals surface area contributed by atoms with Crippen LogP contribution in [0.4, 0.5) is 5.13 Å². The van der Waals surface area contributed by atoms with E-state index in [1.54, 1.807) is 11.3 Å². The van der Waals surface area contributed by atoms with Gasteiger partial charge < -0.3 is 9.84 Å². The summed E-state index contributed by atoms with van der Waals surface area (Å²) in [7, 11) is 0. The number of anilines is 1. The highest BCUT2D eigenvalue weighted by atomic mass is 32.1. The molecule has 7 nitrogen and oxygen atoms in total. The maximum atomic E-state index is 12.0. The number of nitrogens with one attached hydrogen (secondary N) is 1. The number of hydrazone groups is 1. The third-order valence-electron chi connectivity index (χ3n) is 7.16. The number of aryl methyl sites for hydroxylation is 3. The molecule has 0 amide bonds. The SMILES string of the molecule is CCc1ccc(OCCCc2sc(-c3ccc4c(c3)/C(=N/Nc3nc5ccccc5s3)CCC4)nc2C(=O)O)cc1. The lowest BCUT2D eigenvalue weighted by molar-refractivity contribution is 0.0690. The lowest BCUT2D eigenvalue weighted by Gasteiger charge is -2.18. The van der Waals surface area contributed by atoms with Gasteiger partial charge in [0, 0.05) is 16.0 Å². The molecule has 1 aliphatic rings. The number of fused-ring (bicyclic) bond motifs is 2. The first-order valence-electron chi connectivity index (χ1n) is 13.8. The molecule has 0 radical (unpaired) electrons. The van der Waals surface area contributed by atoms with Crippen LogP contribution in [0.25, 0.3) is 20.8 Å². The Morgan fingerprint density at radius 1 is 1.05 bits per heavy atom. The van der Waals surface area contributed by atoms with E-state index in [9.17, 15) is 9.90 Å². The van der Waals surface area contributed by atoms with Crippen molar-refractivity contribution in [2.45, 2.75) is 45.4 Å². The van der Waals surface area contributed by atoms with Gasteiger partial charge in [0.05, 0.1) is 22.5 Å². The molecular formula is C32H30N4O3S2. The molecule has 41 heavy (non-hydrogen) atoms. The summed E-state index contributed by atoms with van der Waals surface area (Å²) in [5.41, 5.74) is 9.73. The minimum Gasteiger partial charge on any atom is -0.494 e. The van der Waals surface area contributed by atoms with Gasteiger partial charge in [0.2, 0.25) is 5.13 Å². The molecule has 3 aromatic carbocycles. The maximum Gasteiger partial charge on any atom is 0.355 e. The Bertz CT molecular complexity index is 1690. The van der Waals surface area contributed by atoms with Crippen LogP contribution in [-0.2, 0) is 19.3 Å². The predicted molar refractivity (Wildman–Crippen MR) is 167 cm³/mol. The molecule has 0 saturated heterocycles. The van der Waals surface area contributed by atoms with Crippen molar-refractivity contribution >= 4 is 49.7 Å². The van der Waals surface area contributed by atoms with Gasteiger partial charge in [-0.3, -0.25) is 5.43 Å². The van der Waals surface area contributed by atoms with Gasteiger partial charge in [0.25, 0.3) is 0 Å². The highest BCUT2D eigenvalue weighted by Crippen LogP contribution is 2.33. The molecule has 0 spiro atoms. The average molecular weight is 583 g/mol.